The predicted octanol–water partition coefficient (Wildman–Crippen LogP) is 4.71. The number of aliphatic carboxylic acids is 3. The van der Waals surface area contributed by atoms with Gasteiger partial charge in [0.15, 0.2) is 0 Å². The summed E-state index contributed by atoms with van der Waals surface area (Å²) in [6.45, 7) is 6.25. The molecule has 0 aliphatic heterocycles. The van der Waals surface area contributed by atoms with Gasteiger partial charge in [0.05, 0.1) is 16.7 Å². The van der Waals surface area contributed by atoms with Crippen molar-refractivity contribution < 1.29 is 34.5 Å². The quantitative estimate of drug-likeness (QED) is 0.416. The molecule has 0 amide bonds. The molecule has 0 radical (unpaired) electrons. The van der Waals surface area contributed by atoms with Crippen LogP contribution < -0.4 is 0 Å². The second kappa shape index (κ2) is 8.90. The largest absolute Gasteiger partial charge is 0.481 e. The third-order valence-electron chi connectivity index (χ3n) is 10.9. The number of carbonyl (C=O) groups is 4. The van der Waals surface area contributed by atoms with Crippen LogP contribution in [0.15, 0.2) is 0 Å². The number of Topliss-reactive ketones (excluding diaryl/α,β-unsaturated/α-hetero) is 1. The molecule has 4 saturated carbocycles. The number of carboxylic acid groups (broad SMARTS) is 3. The summed E-state index contributed by atoms with van der Waals surface area (Å²) in [5.41, 5.74) is -0.838. The first kappa shape index (κ1) is 25.6. The predicted molar refractivity (Wildman–Crippen MR) is 127 cm³/mol. The van der Waals surface area contributed by atoms with Gasteiger partial charge in [0.1, 0.15) is 5.78 Å². The molecule has 0 aromatic rings. The van der Waals surface area contributed by atoms with Crippen molar-refractivity contribution in [2.75, 3.05) is 0 Å². The Labute approximate surface area is 209 Å². The second-order valence-corrected chi connectivity index (χ2v) is 13.0. The van der Waals surface area contributed by atoms with Crippen LogP contribution >= 0.6 is 15.9 Å². The number of rotatable bonds is 6. The van der Waals surface area contributed by atoms with Crippen LogP contribution in [0.4, 0.5) is 0 Å². The molecule has 4 aliphatic rings. The molecule has 0 heterocycles. The SMILES string of the molecule is C[C@@H](CCC(=O)O)[C@H]1CC[C@H]2[C@H]3C(=O)[C@H](Br)[C@@H]4C[C@H](C(=O)O)CC[C@]4(C)[C@@H]3C[C@H](C(=O)O)[C@]12C. The average Bonchev–Trinajstić information content (AvgIpc) is 3.12. The lowest BCUT2D eigenvalue weighted by atomic mass is 9.41. The maximum absolute atomic E-state index is 13.9. The van der Waals surface area contributed by atoms with Crippen LogP contribution in [0, 0.1) is 58.2 Å². The van der Waals surface area contributed by atoms with Gasteiger partial charge >= 0.3 is 17.9 Å². The molecule has 8 heteroatoms. The Morgan fingerprint density at radius 3 is 2.26 bits per heavy atom. The first-order chi connectivity index (χ1) is 15.8. The summed E-state index contributed by atoms with van der Waals surface area (Å²) in [5, 5.41) is 29.2. The van der Waals surface area contributed by atoms with Gasteiger partial charge in [-0.2, -0.15) is 0 Å². The van der Waals surface area contributed by atoms with Crippen molar-refractivity contribution in [3.63, 3.8) is 0 Å². The summed E-state index contributed by atoms with van der Waals surface area (Å²) in [7, 11) is 0. The highest BCUT2D eigenvalue weighted by molar-refractivity contribution is 9.10. The summed E-state index contributed by atoms with van der Waals surface area (Å²) in [5.74, 6) is -3.74. The van der Waals surface area contributed by atoms with E-state index in [0.29, 0.717) is 32.1 Å². The lowest BCUT2D eigenvalue weighted by Gasteiger charge is -2.62. The molecule has 0 unspecified atom stereocenters. The summed E-state index contributed by atoms with van der Waals surface area (Å²) in [4.78, 5) is 49.0. The van der Waals surface area contributed by atoms with Gasteiger partial charge in [-0.15, -0.1) is 0 Å². The zero-order valence-electron chi connectivity index (χ0n) is 20.2. The van der Waals surface area contributed by atoms with Crippen molar-refractivity contribution in [2.45, 2.75) is 77.0 Å². The summed E-state index contributed by atoms with van der Waals surface area (Å²) in [6.07, 6.45) is 4.32. The van der Waals surface area contributed by atoms with E-state index < -0.39 is 40.0 Å². The van der Waals surface area contributed by atoms with Crippen LogP contribution in [0.3, 0.4) is 0 Å². The van der Waals surface area contributed by atoms with E-state index in [4.69, 9.17) is 0 Å². The molecule has 0 saturated heterocycles. The maximum Gasteiger partial charge on any atom is 0.307 e. The van der Waals surface area contributed by atoms with Gasteiger partial charge in [-0.1, -0.05) is 36.7 Å². The van der Waals surface area contributed by atoms with Gasteiger partial charge in [0.25, 0.3) is 0 Å². The molecule has 0 bridgehead atoms. The number of carbonyl (C=O) groups excluding carboxylic acids is 1. The Morgan fingerprint density at radius 2 is 1.68 bits per heavy atom. The minimum Gasteiger partial charge on any atom is -0.481 e. The third kappa shape index (κ3) is 3.73. The van der Waals surface area contributed by atoms with E-state index in [1.165, 1.54) is 0 Å². The minimum atomic E-state index is -0.842. The van der Waals surface area contributed by atoms with Crippen molar-refractivity contribution in [2.24, 2.45) is 58.2 Å². The van der Waals surface area contributed by atoms with E-state index in [9.17, 15) is 34.5 Å². The van der Waals surface area contributed by atoms with Crippen molar-refractivity contribution in [1.29, 1.82) is 0 Å². The first-order valence-corrected chi connectivity index (χ1v) is 13.6. The molecule has 4 aliphatic carbocycles. The summed E-state index contributed by atoms with van der Waals surface area (Å²) in [6, 6.07) is 0. The molecular weight excluding hydrogens is 504 g/mol. The number of carboxylic acids is 3. The van der Waals surface area contributed by atoms with Crippen LogP contribution in [0.1, 0.15) is 72.1 Å². The molecule has 34 heavy (non-hydrogen) atoms. The number of hydrogen-bond donors (Lipinski definition) is 3. The molecule has 7 nitrogen and oxygen atoms in total. The number of alkyl halides is 1. The number of hydrogen-bond acceptors (Lipinski definition) is 4. The van der Waals surface area contributed by atoms with E-state index in [-0.39, 0.29) is 53.1 Å². The normalized spacial score (nSPS) is 46.6. The van der Waals surface area contributed by atoms with E-state index >= 15 is 0 Å². The van der Waals surface area contributed by atoms with Gasteiger partial charge in [0.2, 0.25) is 0 Å². The molecule has 4 rings (SSSR count). The minimum absolute atomic E-state index is 0.0489. The Hall–Kier alpha value is -1.44. The maximum atomic E-state index is 13.9. The van der Waals surface area contributed by atoms with Crippen LogP contribution in [0.2, 0.25) is 0 Å². The third-order valence-corrected chi connectivity index (χ3v) is 11.9. The van der Waals surface area contributed by atoms with Gasteiger partial charge in [-0.3, -0.25) is 19.2 Å². The molecule has 190 valence electrons. The van der Waals surface area contributed by atoms with Crippen molar-refractivity contribution in [3.8, 4) is 0 Å². The van der Waals surface area contributed by atoms with Crippen molar-refractivity contribution in [1.82, 2.24) is 0 Å². The van der Waals surface area contributed by atoms with E-state index in [1.807, 2.05) is 13.8 Å². The van der Waals surface area contributed by atoms with Gasteiger partial charge in [0, 0.05) is 12.3 Å². The Kier molecular flexibility index (Phi) is 6.71. The second-order valence-electron chi connectivity index (χ2n) is 12.1. The highest BCUT2D eigenvalue weighted by Crippen LogP contribution is 2.70. The van der Waals surface area contributed by atoms with Gasteiger partial charge < -0.3 is 15.3 Å². The van der Waals surface area contributed by atoms with Crippen LogP contribution in [-0.4, -0.2) is 43.8 Å². The van der Waals surface area contributed by atoms with Crippen LogP contribution in [0.5, 0.6) is 0 Å². The molecule has 4 fully saturated rings. The highest BCUT2D eigenvalue weighted by Gasteiger charge is 2.69. The molecular formula is C26H37BrO7. The standard InChI is InChI=1S/C26H37BrO7/c1-12(4-7-19(28)29)14-5-6-15-20-16(11-18(24(33)34)26(14,15)3)25(2)9-8-13(23(31)32)10-17(25)21(27)22(20)30/h12-18,20-21H,4-11H2,1-3H3,(H,28,29)(H,31,32)(H,33,34)/t12-,13+,14+,15-,16+,17-,18+,20+,21+,25+,26+/m0/s1. The van der Waals surface area contributed by atoms with Crippen LogP contribution in [0.25, 0.3) is 0 Å². The molecule has 11 atom stereocenters. The molecule has 0 aromatic heterocycles. The fourth-order valence-electron chi connectivity index (χ4n) is 9.05. The van der Waals surface area contributed by atoms with E-state index in [1.54, 1.807) is 0 Å². The average molecular weight is 541 g/mol. The van der Waals surface area contributed by atoms with Gasteiger partial charge in [-0.25, -0.2) is 0 Å². The summed E-state index contributed by atoms with van der Waals surface area (Å²) < 4.78 is 0. The zero-order chi connectivity index (χ0) is 25.2. The molecule has 0 aromatic carbocycles. The Bertz CT molecular complexity index is 888. The van der Waals surface area contributed by atoms with Crippen molar-refractivity contribution in [3.05, 3.63) is 0 Å². The topological polar surface area (TPSA) is 129 Å². The van der Waals surface area contributed by atoms with E-state index in [2.05, 4.69) is 22.9 Å². The molecule has 3 N–H and O–H groups in total. The fourth-order valence-corrected chi connectivity index (χ4v) is 10.2. The Morgan fingerprint density at radius 1 is 1.00 bits per heavy atom. The fraction of sp³-hybridized carbons (Fsp3) is 0.846. The zero-order valence-corrected chi connectivity index (χ0v) is 21.8. The van der Waals surface area contributed by atoms with E-state index in [0.717, 1.165) is 12.8 Å². The smallest absolute Gasteiger partial charge is 0.307 e. The lowest BCUT2D eigenvalue weighted by Crippen LogP contribution is -2.63. The van der Waals surface area contributed by atoms with Crippen molar-refractivity contribution >= 4 is 39.6 Å². The van der Waals surface area contributed by atoms with Gasteiger partial charge in [-0.05, 0) is 85.4 Å². The Balaban J connectivity index is 1.71. The lowest BCUT2D eigenvalue weighted by molar-refractivity contribution is -0.181. The number of fused-ring (bicyclic) bond motifs is 5. The monoisotopic (exact) mass is 540 g/mol. The number of ketones is 1. The highest BCUT2D eigenvalue weighted by atomic mass is 79.9. The molecule has 0 spiro atoms. The first-order valence-electron chi connectivity index (χ1n) is 12.7. The number of halogens is 1. The van der Waals surface area contributed by atoms with Crippen LogP contribution in [-0.2, 0) is 19.2 Å². The summed E-state index contributed by atoms with van der Waals surface area (Å²) >= 11 is 3.69.